The minimum Gasteiger partial charge on any atom is -0.482 e. The molecule has 1 N–H and O–H groups in total. The van der Waals surface area contributed by atoms with Crippen molar-refractivity contribution in [1.82, 2.24) is 0 Å². The summed E-state index contributed by atoms with van der Waals surface area (Å²) >= 11 is 3.27. The zero-order valence-corrected chi connectivity index (χ0v) is 12.4. The van der Waals surface area contributed by atoms with Crippen LogP contribution in [-0.2, 0) is 16.0 Å². The van der Waals surface area contributed by atoms with Gasteiger partial charge in [0, 0.05) is 16.6 Å². The number of hydrogen-bond donors (Lipinski definition) is 1. The number of carbonyl (C=O) groups is 2. The number of ether oxygens (including phenoxy) is 1. The third-order valence-corrected chi connectivity index (χ3v) is 3.19. The van der Waals surface area contributed by atoms with Crippen molar-refractivity contribution in [2.45, 2.75) is 12.8 Å². The first-order valence-electron chi connectivity index (χ1n) is 6.08. The second kappa shape index (κ2) is 6.09. The molecule has 0 aromatic heterocycles. The predicted molar refractivity (Wildman–Crippen MR) is 78.3 cm³/mol. The summed E-state index contributed by atoms with van der Waals surface area (Å²) in [6.07, 6.45) is 1.05. The van der Waals surface area contributed by atoms with Gasteiger partial charge in [-0.05, 0) is 30.2 Å². The van der Waals surface area contributed by atoms with Gasteiger partial charge in [-0.15, -0.1) is 0 Å². The molecule has 0 radical (unpaired) electrons. The monoisotopic (exact) mass is 339 g/mol. The fourth-order valence-electron chi connectivity index (χ4n) is 2.12. The SMILES string of the molecule is C=C(Br)CN1C(=O)CCc2cc(OCC(=O)O)ccc21. The highest BCUT2D eigenvalue weighted by Crippen LogP contribution is 2.31. The van der Waals surface area contributed by atoms with E-state index in [0.29, 0.717) is 25.1 Å². The zero-order valence-electron chi connectivity index (χ0n) is 10.8. The van der Waals surface area contributed by atoms with Gasteiger partial charge in [0.15, 0.2) is 6.61 Å². The molecule has 1 aromatic carbocycles. The Bertz CT molecular complexity index is 570. The van der Waals surface area contributed by atoms with Gasteiger partial charge >= 0.3 is 5.97 Å². The molecule has 0 saturated heterocycles. The minimum atomic E-state index is -1.02. The summed E-state index contributed by atoms with van der Waals surface area (Å²) in [6, 6.07) is 5.23. The van der Waals surface area contributed by atoms with Gasteiger partial charge in [0.2, 0.25) is 5.91 Å². The average molecular weight is 340 g/mol. The number of anilines is 1. The van der Waals surface area contributed by atoms with E-state index in [-0.39, 0.29) is 12.5 Å². The Labute approximate surface area is 125 Å². The lowest BCUT2D eigenvalue weighted by molar-refractivity contribution is -0.139. The largest absolute Gasteiger partial charge is 0.482 e. The van der Waals surface area contributed by atoms with Crippen LogP contribution in [0, 0.1) is 0 Å². The van der Waals surface area contributed by atoms with E-state index in [1.54, 1.807) is 23.1 Å². The molecule has 1 aliphatic heterocycles. The number of halogens is 1. The molecule has 1 aliphatic rings. The number of carboxylic acid groups (broad SMARTS) is 1. The van der Waals surface area contributed by atoms with Gasteiger partial charge in [-0.2, -0.15) is 0 Å². The lowest BCUT2D eigenvalue weighted by atomic mass is 10.0. The highest BCUT2D eigenvalue weighted by molar-refractivity contribution is 9.11. The quantitative estimate of drug-likeness (QED) is 0.894. The topological polar surface area (TPSA) is 66.8 Å². The Hall–Kier alpha value is -1.82. The standard InChI is InChI=1S/C14H14BrNO4/c1-9(15)7-16-12-4-3-11(20-8-14(18)19)6-10(12)2-5-13(16)17/h3-4,6H,1-2,5,7-8H2,(H,18,19). The first kappa shape index (κ1) is 14.6. The molecule has 0 spiro atoms. The Kier molecular flexibility index (Phi) is 4.44. The Balaban J connectivity index is 2.23. The molecular weight excluding hydrogens is 326 g/mol. The lowest BCUT2D eigenvalue weighted by Gasteiger charge is -2.29. The van der Waals surface area contributed by atoms with Crippen molar-refractivity contribution in [3.05, 3.63) is 34.8 Å². The van der Waals surface area contributed by atoms with Crippen molar-refractivity contribution >= 4 is 33.5 Å². The molecule has 20 heavy (non-hydrogen) atoms. The van der Waals surface area contributed by atoms with Gasteiger partial charge in [-0.3, -0.25) is 4.79 Å². The number of amides is 1. The maximum absolute atomic E-state index is 11.9. The summed E-state index contributed by atoms with van der Waals surface area (Å²) in [5, 5.41) is 8.60. The Morgan fingerprint density at radius 3 is 2.85 bits per heavy atom. The summed E-state index contributed by atoms with van der Waals surface area (Å²) in [5.41, 5.74) is 1.80. The van der Waals surface area contributed by atoms with Crippen LogP contribution in [0.4, 0.5) is 5.69 Å². The molecule has 0 aliphatic carbocycles. The molecule has 2 rings (SSSR count). The second-order valence-electron chi connectivity index (χ2n) is 4.47. The number of benzene rings is 1. The van der Waals surface area contributed by atoms with Gasteiger partial charge in [-0.25, -0.2) is 4.79 Å². The minimum absolute atomic E-state index is 0.0531. The molecule has 1 aromatic rings. The average Bonchev–Trinajstić information content (AvgIpc) is 2.39. The van der Waals surface area contributed by atoms with Crippen LogP contribution < -0.4 is 9.64 Å². The van der Waals surface area contributed by atoms with E-state index in [0.717, 1.165) is 15.7 Å². The normalized spacial score (nSPS) is 13.8. The van der Waals surface area contributed by atoms with Gasteiger partial charge in [0.05, 0.1) is 6.54 Å². The molecule has 0 atom stereocenters. The van der Waals surface area contributed by atoms with Crippen molar-refractivity contribution in [1.29, 1.82) is 0 Å². The van der Waals surface area contributed by atoms with Crippen LogP contribution in [0.1, 0.15) is 12.0 Å². The first-order valence-corrected chi connectivity index (χ1v) is 6.88. The molecule has 6 heteroatoms. The highest BCUT2D eigenvalue weighted by Gasteiger charge is 2.24. The third kappa shape index (κ3) is 3.39. The summed E-state index contributed by atoms with van der Waals surface area (Å²) in [6.45, 7) is 3.80. The van der Waals surface area contributed by atoms with Crippen LogP contribution in [0.2, 0.25) is 0 Å². The van der Waals surface area contributed by atoms with E-state index in [2.05, 4.69) is 22.5 Å². The third-order valence-electron chi connectivity index (χ3n) is 2.94. The van der Waals surface area contributed by atoms with Crippen LogP contribution >= 0.6 is 15.9 Å². The zero-order chi connectivity index (χ0) is 14.7. The molecule has 1 heterocycles. The van der Waals surface area contributed by atoms with E-state index in [1.807, 2.05) is 0 Å². The Morgan fingerprint density at radius 1 is 1.45 bits per heavy atom. The maximum atomic E-state index is 11.9. The van der Waals surface area contributed by atoms with E-state index in [9.17, 15) is 9.59 Å². The number of hydrogen-bond acceptors (Lipinski definition) is 3. The van der Waals surface area contributed by atoms with Crippen LogP contribution in [0.3, 0.4) is 0 Å². The smallest absolute Gasteiger partial charge is 0.341 e. The number of nitrogens with zero attached hydrogens (tertiary/aromatic N) is 1. The summed E-state index contributed by atoms with van der Waals surface area (Å²) in [7, 11) is 0. The van der Waals surface area contributed by atoms with Crippen molar-refractivity contribution in [3.63, 3.8) is 0 Å². The van der Waals surface area contributed by atoms with Crippen molar-refractivity contribution in [2.24, 2.45) is 0 Å². The number of fused-ring (bicyclic) bond motifs is 1. The van der Waals surface area contributed by atoms with Crippen molar-refractivity contribution in [2.75, 3.05) is 18.1 Å². The number of rotatable bonds is 5. The summed E-state index contributed by atoms with van der Waals surface area (Å²) in [5.74, 6) is -0.467. The molecule has 0 unspecified atom stereocenters. The molecule has 0 saturated carbocycles. The van der Waals surface area contributed by atoms with Crippen LogP contribution in [0.5, 0.6) is 5.75 Å². The molecule has 5 nitrogen and oxygen atoms in total. The predicted octanol–water partition coefficient (Wildman–Crippen LogP) is 2.34. The van der Waals surface area contributed by atoms with E-state index in [4.69, 9.17) is 9.84 Å². The van der Waals surface area contributed by atoms with Gasteiger partial charge in [-0.1, -0.05) is 22.5 Å². The molecule has 0 fully saturated rings. The fraction of sp³-hybridized carbons (Fsp3) is 0.286. The van der Waals surface area contributed by atoms with Gasteiger partial charge in [0.1, 0.15) is 5.75 Å². The Morgan fingerprint density at radius 2 is 2.20 bits per heavy atom. The number of aliphatic carboxylic acids is 1. The fourth-order valence-corrected chi connectivity index (χ4v) is 2.37. The van der Waals surface area contributed by atoms with E-state index < -0.39 is 5.97 Å². The lowest BCUT2D eigenvalue weighted by Crippen LogP contribution is -2.35. The maximum Gasteiger partial charge on any atom is 0.341 e. The molecule has 106 valence electrons. The van der Waals surface area contributed by atoms with Crippen LogP contribution in [0.15, 0.2) is 29.3 Å². The number of carbonyl (C=O) groups excluding carboxylic acids is 1. The van der Waals surface area contributed by atoms with Crippen molar-refractivity contribution < 1.29 is 19.4 Å². The molecular formula is C14H14BrNO4. The van der Waals surface area contributed by atoms with Crippen molar-refractivity contribution in [3.8, 4) is 5.75 Å². The number of aryl methyl sites for hydroxylation is 1. The molecule has 0 bridgehead atoms. The van der Waals surface area contributed by atoms with Crippen LogP contribution in [0.25, 0.3) is 0 Å². The first-order chi connectivity index (χ1) is 9.47. The molecule has 1 amide bonds. The van der Waals surface area contributed by atoms with Gasteiger partial charge < -0.3 is 14.7 Å². The summed E-state index contributed by atoms with van der Waals surface area (Å²) in [4.78, 5) is 24.1. The summed E-state index contributed by atoms with van der Waals surface area (Å²) < 4.78 is 5.87. The van der Waals surface area contributed by atoms with E-state index >= 15 is 0 Å². The highest BCUT2D eigenvalue weighted by atomic mass is 79.9. The van der Waals surface area contributed by atoms with E-state index in [1.165, 1.54) is 0 Å². The number of carboxylic acids is 1. The van der Waals surface area contributed by atoms with Crippen LogP contribution in [-0.4, -0.2) is 30.1 Å². The second-order valence-corrected chi connectivity index (χ2v) is 5.59. The van der Waals surface area contributed by atoms with Gasteiger partial charge in [0.25, 0.3) is 0 Å².